The van der Waals surface area contributed by atoms with E-state index in [1.54, 1.807) is 0 Å². The molecule has 4 aromatic rings. The van der Waals surface area contributed by atoms with E-state index in [9.17, 15) is 0 Å². The molecule has 192 valence electrons. The monoisotopic (exact) mass is 588 g/mol. The van der Waals surface area contributed by atoms with Gasteiger partial charge in [-0.25, -0.2) is 0 Å². The maximum Gasteiger partial charge on any atom is 0.0624 e. The second-order valence-corrected chi connectivity index (χ2v) is 12.1. The molecule has 0 aromatic heterocycles. The fourth-order valence-corrected chi connectivity index (χ4v) is 7.10. The smallest absolute Gasteiger partial charge is 0.0624 e. The molecule has 0 radical (unpaired) electrons. The van der Waals surface area contributed by atoms with Crippen molar-refractivity contribution in [1.82, 2.24) is 9.80 Å². The summed E-state index contributed by atoms with van der Waals surface area (Å²) in [4.78, 5) is 4.36. The molecule has 0 aliphatic heterocycles. The third-order valence-electron chi connectivity index (χ3n) is 5.59. The van der Waals surface area contributed by atoms with Crippen LogP contribution in [0.25, 0.3) is 0 Å². The van der Waals surface area contributed by atoms with Crippen LogP contribution in [0.15, 0.2) is 114 Å². The van der Waals surface area contributed by atoms with E-state index in [1.807, 2.05) is 12.1 Å². The molecule has 4 aromatic carbocycles. The first-order chi connectivity index (χ1) is 16.9. The van der Waals surface area contributed by atoms with E-state index in [-0.39, 0.29) is 20.4 Å². The molecule has 0 amide bonds. The van der Waals surface area contributed by atoms with Gasteiger partial charge in [0.25, 0.3) is 0 Å². The fourth-order valence-electron chi connectivity index (χ4n) is 3.65. The molecule has 0 saturated heterocycles. The standard InChI is InChI=1S/C25H21NP.C6H16N2.Pd/c1-21-17-19-22(20-18-21)26-27(23-11-5-2-6-12-23,24-13-7-3-8-14-24)25-15-9-4-10-16-25;1-7(2)5-6-8(3)4;/h2-15,17-20H,1H3;5-6H2,1-4H3;/q-1;;. The van der Waals surface area contributed by atoms with E-state index in [1.165, 1.54) is 16.2 Å². The van der Waals surface area contributed by atoms with Crippen molar-refractivity contribution in [3.05, 3.63) is 121 Å². The number of rotatable bonds is 7. The number of benzene rings is 4. The van der Waals surface area contributed by atoms with E-state index >= 15 is 0 Å². The summed E-state index contributed by atoms with van der Waals surface area (Å²) >= 11 is 0. The number of hydrogen-bond donors (Lipinski definition) is 0. The van der Waals surface area contributed by atoms with Crippen LogP contribution in [0.4, 0.5) is 5.69 Å². The second kappa shape index (κ2) is 15.1. The largest absolute Gasteiger partial charge is 0.308 e. The van der Waals surface area contributed by atoms with E-state index < -0.39 is 7.05 Å². The molecule has 0 aliphatic carbocycles. The Kier molecular flexibility index (Phi) is 12.5. The molecule has 4 rings (SSSR count). The predicted molar refractivity (Wildman–Crippen MR) is 154 cm³/mol. The summed E-state index contributed by atoms with van der Waals surface area (Å²) in [5.41, 5.74) is 2.24. The number of nitrogens with zero attached hydrogens (tertiary/aromatic N) is 3. The molecule has 3 nitrogen and oxygen atoms in total. The van der Waals surface area contributed by atoms with Gasteiger partial charge in [0, 0.05) is 40.6 Å². The van der Waals surface area contributed by atoms with Crippen molar-refractivity contribution in [1.29, 1.82) is 0 Å². The predicted octanol–water partition coefficient (Wildman–Crippen LogP) is 5.71. The Balaban J connectivity index is 0.000000442. The minimum atomic E-state index is -2.22. The van der Waals surface area contributed by atoms with Crippen molar-refractivity contribution in [3.63, 3.8) is 0 Å². The Morgan fingerprint density at radius 1 is 0.639 bits per heavy atom. The van der Waals surface area contributed by atoms with Gasteiger partial charge in [-0.15, -0.1) is 5.30 Å². The van der Waals surface area contributed by atoms with Gasteiger partial charge in [-0.2, -0.15) is 30.3 Å². The van der Waals surface area contributed by atoms with Gasteiger partial charge in [-0.05, 0) is 57.9 Å². The van der Waals surface area contributed by atoms with Gasteiger partial charge in [-0.3, -0.25) is 4.74 Å². The molecule has 0 unspecified atom stereocenters. The maximum absolute atomic E-state index is 5.42. The zero-order valence-electron chi connectivity index (χ0n) is 21.9. The van der Waals surface area contributed by atoms with Crippen molar-refractivity contribution >= 4 is 28.7 Å². The quantitative estimate of drug-likeness (QED) is 0.156. The van der Waals surface area contributed by atoms with Gasteiger partial charge >= 0.3 is 0 Å². The third kappa shape index (κ3) is 8.38. The molecule has 0 saturated carbocycles. The molecule has 36 heavy (non-hydrogen) atoms. The average molecular weight is 589 g/mol. The van der Waals surface area contributed by atoms with Crippen molar-refractivity contribution in [2.24, 2.45) is 4.74 Å². The Labute approximate surface area is 231 Å². The summed E-state index contributed by atoms with van der Waals surface area (Å²) in [7, 11) is 6.13. The molecule has 0 aliphatic rings. The first-order valence-electron chi connectivity index (χ1n) is 12.0. The number of aryl methyl sites for hydroxylation is 1. The van der Waals surface area contributed by atoms with E-state index in [2.05, 4.69) is 148 Å². The van der Waals surface area contributed by atoms with Gasteiger partial charge < -0.3 is 9.80 Å². The van der Waals surface area contributed by atoms with Crippen LogP contribution in [-0.4, -0.2) is 51.1 Å². The summed E-state index contributed by atoms with van der Waals surface area (Å²) in [6.45, 7) is 4.39. The summed E-state index contributed by atoms with van der Waals surface area (Å²) in [6.07, 6.45) is 0. The van der Waals surface area contributed by atoms with Crippen LogP contribution < -0.4 is 15.9 Å². The second-order valence-electron chi connectivity index (χ2n) is 9.10. The number of likely N-dealkylation sites (N-methyl/N-ethyl adjacent to an activating group) is 2. The Morgan fingerprint density at radius 3 is 1.53 bits per heavy atom. The summed E-state index contributed by atoms with van der Waals surface area (Å²) in [6, 6.07) is 41.5. The van der Waals surface area contributed by atoms with Gasteiger partial charge in [0.15, 0.2) is 0 Å². The van der Waals surface area contributed by atoms with E-state index in [4.69, 9.17) is 4.74 Å². The Hall–Kier alpha value is -2.31. The van der Waals surface area contributed by atoms with Crippen LogP contribution in [0.2, 0.25) is 0 Å². The Morgan fingerprint density at radius 2 is 1.11 bits per heavy atom. The van der Waals surface area contributed by atoms with E-state index in [0.29, 0.717) is 0 Å². The van der Waals surface area contributed by atoms with Crippen LogP contribution in [0.1, 0.15) is 5.56 Å². The summed E-state index contributed by atoms with van der Waals surface area (Å²) < 4.78 is 5.42. The summed E-state index contributed by atoms with van der Waals surface area (Å²) in [5.74, 6) is 0. The van der Waals surface area contributed by atoms with Crippen LogP contribution in [0.5, 0.6) is 0 Å². The minimum absolute atomic E-state index is 0. The topological polar surface area (TPSA) is 18.8 Å². The van der Waals surface area contributed by atoms with Crippen molar-refractivity contribution in [2.45, 2.75) is 6.92 Å². The van der Waals surface area contributed by atoms with E-state index in [0.717, 1.165) is 24.1 Å². The average Bonchev–Trinajstić information content (AvgIpc) is 2.89. The normalized spacial score (nSPS) is 10.9. The van der Waals surface area contributed by atoms with Crippen LogP contribution in [0, 0.1) is 13.0 Å². The summed E-state index contributed by atoms with van der Waals surface area (Å²) in [5, 5.41) is 3.61. The first-order valence-corrected chi connectivity index (χ1v) is 13.7. The van der Waals surface area contributed by atoms with Crippen molar-refractivity contribution < 1.29 is 20.4 Å². The zero-order chi connectivity index (χ0) is 25.1. The molecule has 0 atom stereocenters. The molecular weight excluding hydrogens is 552 g/mol. The third-order valence-corrected chi connectivity index (χ3v) is 9.19. The van der Waals surface area contributed by atoms with Crippen LogP contribution in [-0.2, 0) is 20.4 Å². The minimum Gasteiger partial charge on any atom is -0.308 e. The van der Waals surface area contributed by atoms with Gasteiger partial charge in [0.1, 0.15) is 0 Å². The van der Waals surface area contributed by atoms with Crippen molar-refractivity contribution in [2.75, 3.05) is 41.3 Å². The van der Waals surface area contributed by atoms with Crippen molar-refractivity contribution in [3.8, 4) is 0 Å². The molecule has 0 bridgehead atoms. The molecule has 0 fully saturated rings. The maximum atomic E-state index is 5.42. The first kappa shape index (κ1) is 29.9. The van der Waals surface area contributed by atoms with Crippen LogP contribution >= 0.6 is 7.05 Å². The molecule has 0 N–H and O–H groups in total. The van der Waals surface area contributed by atoms with Crippen LogP contribution in [0.3, 0.4) is 0 Å². The Bertz CT molecular complexity index is 1080. The van der Waals surface area contributed by atoms with Gasteiger partial charge in [0.05, 0.1) is 5.69 Å². The molecule has 5 heteroatoms. The zero-order valence-corrected chi connectivity index (χ0v) is 24.4. The van der Waals surface area contributed by atoms with Gasteiger partial charge in [0.2, 0.25) is 0 Å². The fraction of sp³-hybridized carbons (Fsp3) is 0.226. The van der Waals surface area contributed by atoms with Gasteiger partial charge in [-0.1, -0.05) is 78.4 Å². The molecule has 0 spiro atoms. The number of hydrogen-bond acceptors (Lipinski definition) is 3. The molecular formula is C31H37N3PPd-. The molecule has 0 heterocycles. The SMILES string of the molecule is CN(C)CCN(C)C.Cc1ccc(N=P(c2[c-]cccc2)(c2ccccc2)c2ccccc2)cc1.[Pd].